The van der Waals surface area contributed by atoms with Gasteiger partial charge in [0.2, 0.25) is 5.91 Å². The van der Waals surface area contributed by atoms with Gasteiger partial charge in [0.25, 0.3) is 0 Å². The van der Waals surface area contributed by atoms with Gasteiger partial charge in [-0.2, -0.15) is 0 Å². The number of nitrogens with zero attached hydrogens (tertiary/aromatic N) is 3. The minimum Gasteiger partial charge on any atom is -0.374 e. The van der Waals surface area contributed by atoms with Crippen molar-refractivity contribution in [2.75, 3.05) is 36.6 Å². The number of nitrogen functional groups attached to an aromatic ring is 1. The van der Waals surface area contributed by atoms with Gasteiger partial charge >= 0.3 is 0 Å². The second-order valence-corrected chi connectivity index (χ2v) is 4.08. The van der Waals surface area contributed by atoms with Crippen molar-refractivity contribution >= 4 is 17.5 Å². The molecule has 0 saturated carbocycles. The summed E-state index contributed by atoms with van der Waals surface area (Å²) in [5, 5.41) is 2.77. The van der Waals surface area contributed by atoms with E-state index in [0.717, 1.165) is 0 Å². The van der Waals surface area contributed by atoms with Gasteiger partial charge in [0.05, 0.1) is 6.54 Å². The van der Waals surface area contributed by atoms with Crippen LogP contribution in [0.4, 0.5) is 11.6 Å². The lowest BCUT2D eigenvalue weighted by molar-refractivity contribution is -0.120. The Morgan fingerprint density at radius 2 is 2.42 bits per heavy atom. The molecule has 1 aliphatic heterocycles. The summed E-state index contributed by atoms with van der Waals surface area (Å²) in [6, 6.07) is 1.72. The van der Waals surface area contributed by atoms with Crippen molar-refractivity contribution in [2.24, 2.45) is 5.84 Å². The maximum absolute atomic E-state index is 11.4. The summed E-state index contributed by atoms with van der Waals surface area (Å²) >= 11 is 0. The summed E-state index contributed by atoms with van der Waals surface area (Å²) in [6.07, 6.45) is 0. The molecule has 0 radical (unpaired) electrons. The summed E-state index contributed by atoms with van der Waals surface area (Å²) in [6.45, 7) is 4.41. The van der Waals surface area contributed by atoms with Crippen LogP contribution in [0.1, 0.15) is 12.7 Å². The van der Waals surface area contributed by atoms with Crippen LogP contribution in [0.25, 0.3) is 0 Å². The molecule has 0 atom stereocenters. The van der Waals surface area contributed by atoms with E-state index in [1.807, 2.05) is 11.8 Å². The first-order valence-electron chi connectivity index (χ1n) is 6.17. The van der Waals surface area contributed by atoms with E-state index in [2.05, 4.69) is 20.7 Å². The second-order valence-electron chi connectivity index (χ2n) is 4.08. The van der Waals surface area contributed by atoms with E-state index in [-0.39, 0.29) is 12.5 Å². The molecule has 2 heterocycles. The third-order valence-electron chi connectivity index (χ3n) is 2.70. The zero-order valence-electron chi connectivity index (χ0n) is 10.8. The van der Waals surface area contributed by atoms with E-state index in [1.165, 1.54) is 0 Å². The van der Waals surface area contributed by atoms with E-state index < -0.39 is 0 Å². The molecule has 8 heteroatoms. The van der Waals surface area contributed by atoms with E-state index in [9.17, 15) is 4.79 Å². The molecule has 0 bridgehead atoms. The SMILES string of the molecule is CCOCc1nc(NN)cc(N2CCNC(=O)C2)n1. The minimum absolute atomic E-state index is 0.0153. The Morgan fingerprint density at radius 3 is 3.11 bits per heavy atom. The summed E-state index contributed by atoms with van der Waals surface area (Å²) in [5.74, 6) is 7.10. The van der Waals surface area contributed by atoms with Crippen LogP contribution in [0.3, 0.4) is 0 Å². The average Bonchev–Trinajstić information content (AvgIpc) is 2.44. The van der Waals surface area contributed by atoms with Crippen LogP contribution < -0.4 is 21.5 Å². The lowest BCUT2D eigenvalue weighted by Crippen LogP contribution is -2.48. The monoisotopic (exact) mass is 266 g/mol. The van der Waals surface area contributed by atoms with Gasteiger partial charge in [-0.05, 0) is 6.92 Å². The standard InChI is InChI=1S/C11H18N6O2/c1-2-19-7-9-14-8(16-12)5-10(15-9)17-4-3-13-11(18)6-17/h5H,2-4,6-7,12H2,1H3,(H,13,18)(H,14,15,16). The van der Waals surface area contributed by atoms with Gasteiger partial charge in [0.1, 0.15) is 18.2 Å². The van der Waals surface area contributed by atoms with Crippen LogP contribution >= 0.6 is 0 Å². The quantitative estimate of drug-likeness (QED) is 0.475. The lowest BCUT2D eigenvalue weighted by atomic mass is 10.3. The van der Waals surface area contributed by atoms with E-state index in [1.54, 1.807) is 6.07 Å². The highest BCUT2D eigenvalue weighted by Crippen LogP contribution is 2.16. The molecule has 0 unspecified atom stereocenters. The number of hydrogen-bond acceptors (Lipinski definition) is 7. The van der Waals surface area contributed by atoms with Gasteiger partial charge in [0.15, 0.2) is 5.82 Å². The van der Waals surface area contributed by atoms with Gasteiger partial charge in [-0.15, -0.1) is 0 Å². The number of rotatable bonds is 5. The van der Waals surface area contributed by atoms with E-state index >= 15 is 0 Å². The van der Waals surface area contributed by atoms with Crippen molar-refractivity contribution in [3.63, 3.8) is 0 Å². The first-order valence-corrected chi connectivity index (χ1v) is 6.17. The third-order valence-corrected chi connectivity index (χ3v) is 2.70. The number of hydrazine groups is 1. The Hall–Kier alpha value is -1.93. The zero-order valence-corrected chi connectivity index (χ0v) is 10.8. The summed E-state index contributed by atoms with van der Waals surface area (Å²) in [4.78, 5) is 21.9. The number of nitrogens with two attached hydrogens (primary N) is 1. The number of amides is 1. The van der Waals surface area contributed by atoms with E-state index in [4.69, 9.17) is 10.6 Å². The van der Waals surface area contributed by atoms with Crippen LogP contribution in [-0.4, -0.2) is 42.1 Å². The molecule has 1 saturated heterocycles. The fraction of sp³-hybridized carbons (Fsp3) is 0.545. The van der Waals surface area contributed by atoms with Gasteiger partial charge < -0.3 is 20.4 Å². The molecule has 4 N–H and O–H groups in total. The molecule has 8 nitrogen and oxygen atoms in total. The predicted molar refractivity (Wildman–Crippen MR) is 70.4 cm³/mol. The van der Waals surface area contributed by atoms with Crippen molar-refractivity contribution < 1.29 is 9.53 Å². The molecule has 2 rings (SSSR count). The molecule has 19 heavy (non-hydrogen) atoms. The summed E-state index contributed by atoms with van der Waals surface area (Å²) < 4.78 is 5.29. The number of carbonyl (C=O) groups is 1. The molecule has 0 aromatic carbocycles. The second kappa shape index (κ2) is 6.30. The zero-order chi connectivity index (χ0) is 13.7. The average molecular weight is 266 g/mol. The highest BCUT2D eigenvalue weighted by atomic mass is 16.5. The lowest BCUT2D eigenvalue weighted by Gasteiger charge is -2.28. The Bertz CT molecular complexity index is 453. The normalized spacial score (nSPS) is 15.3. The van der Waals surface area contributed by atoms with Crippen molar-refractivity contribution in [3.8, 4) is 0 Å². The van der Waals surface area contributed by atoms with Gasteiger partial charge in [-0.25, -0.2) is 15.8 Å². The molecule has 1 amide bonds. The minimum atomic E-state index is -0.0153. The Morgan fingerprint density at radius 1 is 1.58 bits per heavy atom. The van der Waals surface area contributed by atoms with Gasteiger partial charge in [-0.1, -0.05) is 0 Å². The van der Waals surface area contributed by atoms with Crippen molar-refractivity contribution in [2.45, 2.75) is 13.5 Å². The summed E-state index contributed by atoms with van der Waals surface area (Å²) in [7, 11) is 0. The molecule has 104 valence electrons. The van der Waals surface area contributed by atoms with E-state index in [0.29, 0.717) is 43.8 Å². The molecule has 1 fully saturated rings. The van der Waals surface area contributed by atoms with Crippen LogP contribution in [0, 0.1) is 0 Å². The molecule has 1 aromatic rings. The number of nitrogens with one attached hydrogen (secondary N) is 2. The van der Waals surface area contributed by atoms with Crippen molar-refractivity contribution in [1.29, 1.82) is 0 Å². The largest absolute Gasteiger partial charge is 0.374 e. The Labute approximate surface area is 111 Å². The number of carbonyl (C=O) groups excluding carboxylic acids is 1. The molecule has 1 aliphatic rings. The smallest absolute Gasteiger partial charge is 0.239 e. The summed E-state index contributed by atoms with van der Waals surface area (Å²) in [5.41, 5.74) is 2.50. The van der Waals surface area contributed by atoms with Crippen LogP contribution in [-0.2, 0) is 16.1 Å². The maximum atomic E-state index is 11.4. The molecule has 1 aromatic heterocycles. The predicted octanol–water partition coefficient (Wildman–Crippen LogP) is -0.765. The van der Waals surface area contributed by atoms with Gasteiger partial charge in [-0.3, -0.25) is 4.79 Å². The molecular weight excluding hydrogens is 248 g/mol. The number of piperazine rings is 1. The van der Waals surface area contributed by atoms with Crippen LogP contribution in [0.15, 0.2) is 6.07 Å². The molecule has 0 spiro atoms. The number of aromatic nitrogens is 2. The highest BCUT2D eigenvalue weighted by molar-refractivity contribution is 5.82. The Balaban J connectivity index is 2.20. The van der Waals surface area contributed by atoms with Crippen molar-refractivity contribution in [3.05, 3.63) is 11.9 Å². The highest BCUT2D eigenvalue weighted by Gasteiger charge is 2.18. The third kappa shape index (κ3) is 3.52. The van der Waals surface area contributed by atoms with Crippen molar-refractivity contribution in [1.82, 2.24) is 15.3 Å². The number of hydrogen-bond donors (Lipinski definition) is 3. The first kappa shape index (κ1) is 13.5. The van der Waals surface area contributed by atoms with Gasteiger partial charge in [0, 0.05) is 25.8 Å². The number of ether oxygens (including phenoxy) is 1. The maximum Gasteiger partial charge on any atom is 0.239 e. The van der Waals surface area contributed by atoms with Crippen LogP contribution in [0.2, 0.25) is 0 Å². The number of anilines is 2. The topological polar surface area (TPSA) is 105 Å². The Kier molecular flexibility index (Phi) is 4.48. The fourth-order valence-electron chi connectivity index (χ4n) is 1.81. The fourth-order valence-corrected chi connectivity index (χ4v) is 1.81. The molecule has 0 aliphatic carbocycles. The molecular formula is C11H18N6O2. The van der Waals surface area contributed by atoms with Crippen LogP contribution in [0.5, 0.6) is 0 Å². The first-order chi connectivity index (χ1) is 9.22.